The quantitative estimate of drug-likeness (QED) is 0.715. The van der Waals surface area contributed by atoms with Crippen LogP contribution in [0.5, 0.6) is 5.75 Å². The van der Waals surface area contributed by atoms with E-state index in [0.29, 0.717) is 11.6 Å². The second-order valence-electron chi connectivity index (χ2n) is 7.07. The number of nitrogens with zero attached hydrogens (tertiary/aromatic N) is 1. The molecule has 2 atom stereocenters. The maximum absolute atomic E-state index is 12.8. The molecule has 2 aromatic carbocycles. The Bertz CT molecular complexity index is 870. The molecule has 0 aliphatic heterocycles. The van der Waals surface area contributed by atoms with Crippen molar-refractivity contribution in [3.05, 3.63) is 53.6 Å². The van der Waals surface area contributed by atoms with Crippen LogP contribution in [0.4, 0.5) is 5.69 Å². The largest absolute Gasteiger partial charge is 0.494 e. The van der Waals surface area contributed by atoms with Crippen molar-refractivity contribution in [3.8, 4) is 5.75 Å². The van der Waals surface area contributed by atoms with Crippen molar-refractivity contribution < 1.29 is 13.2 Å². The minimum atomic E-state index is -3.59. The first-order valence-electron chi connectivity index (χ1n) is 9.64. The third-order valence-corrected chi connectivity index (χ3v) is 6.97. The van der Waals surface area contributed by atoms with E-state index in [4.69, 9.17) is 16.3 Å². The third-order valence-electron chi connectivity index (χ3n) is 5.21. The molecule has 0 radical (unpaired) electrons. The molecule has 0 unspecified atom stereocenters. The van der Waals surface area contributed by atoms with Crippen LogP contribution in [0.25, 0.3) is 0 Å². The molecule has 1 N–H and O–H groups in total. The van der Waals surface area contributed by atoms with Gasteiger partial charge in [0.1, 0.15) is 5.75 Å². The minimum Gasteiger partial charge on any atom is -0.494 e. The molecule has 0 saturated heterocycles. The van der Waals surface area contributed by atoms with E-state index in [9.17, 15) is 8.42 Å². The molecule has 5 nitrogen and oxygen atoms in total. The smallest absolute Gasteiger partial charge is 0.240 e. The van der Waals surface area contributed by atoms with E-state index in [1.807, 2.05) is 38.2 Å². The molecule has 28 heavy (non-hydrogen) atoms. The van der Waals surface area contributed by atoms with Gasteiger partial charge in [0.15, 0.2) is 0 Å². The molecule has 3 rings (SSSR count). The van der Waals surface area contributed by atoms with Crippen LogP contribution in [-0.4, -0.2) is 34.2 Å². The average Bonchev–Trinajstić information content (AvgIpc) is 2.69. The van der Waals surface area contributed by atoms with Crippen LogP contribution in [0, 0.1) is 0 Å². The van der Waals surface area contributed by atoms with E-state index < -0.39 is 10.0 Å². The highest BCUT2D eigenvalue weighted by Crippen LogP contribution is 2.29. The van der Waals surface area contributed by atoms with Crippen LogP contribution >= 0.6 is 11.6 Å². The standard InChI is InChI=1S/C21H27ClN2O3S/c1-3-27-18-12-10-17(11-13-18)24(2)21-7-5-4-6-20(21)23-28(25,26)19-14-8-16(22)9-15-19/h8-15,20-21,23H,3-7H2,1-2H3/t20-,21+/m0/s1. The van der Waals surface area contributed by atoms with Crippen LogP contribution in [0.15, 0.2) is 53.4 Å². The molecule has 152 valence electrons. The van der Waals surface area contributed by atoms with Crippen molar-refractivity contribution in [2.45, 2.75) is 49.6 Å². The number of rotatable bonds is 7. The Hall–Kier alpha value is -1.76. The molecular formula is C21H27ClN2O3S. The van der Waals surface area contributed by atoms with Gasteiger partial charge in [0.25, 0.3) is 0 Å². The van der Waals surface area contributed by atoms with Crippen LogP contribution in [-0.2, 0) is 10.0 Å². The monoisotopic (exact) mass is 422 g/mol. The summed E-state index contributed by atoms with van der Waals surface area (Å²) in [7, 11) is -1.57. The number of nitrogens with one attached hydrogen (secondary N) is 1. The van der Waals surface area contributed by atoms with Gasteiger partial charge in [-0.3, -0.25) is 0 Å². The van der Waals surface area contributed by atoms with Crippen molar-refractivity contribution in [1.82, 2.24) is 4.72 Å². The van der Waals surface area contributed by atoms with E-state index in [1.165, 1.54) is 0 Å². The fourth-order valence-electron chi connectivity index (χ4n) is 3.73. The van der Waals surface area contributed by atoms with E-state index >= 15 is 0 Å². The number of ether oxygens (including phenoxy) is 1. The Morgan fingerprint density at radius 1 is 1.07 bits per heavy atom. The molecule has 0 spiro atoms. The molecule has 1 aliphatic rings. The van der Waals surface area contributed by atoms with Gasteiger partial charge in [0, 0.05) is 29.8 Å². The van der Waals surface area contributed by atoms with Crippen molar-refractivity contribution in [2.75, 3.05) is 18.6 Å². The number of halogens is 1. The predicted octanol–water partition coefficient (Wildman–Crippen LogP) is 4.46. The second kappa shape index (κ2) is 9.16. The van der Waals surface area contributed by atoms with Crippen LogP contribution in [0.3, 0.4) is 0 Å². The Morgan fingerprint density at radius 2 is 1.71 bits per heavy atom. The zero-order valence-corrected chi connectivity index (χ0v) is 17.8. The van der Waals surface area contributed by atoms with Gasteiger partial charge in [-0.05, 0) is 68.3 Å². The van der Waals surface area contributed by atoms with Gasteiger partial charge < -0.3 is 9.64 Å². The minimum absolute atomic E-state index is 0.0915. The van der Waals surface area contributed by atoms with E-state index in [0.717, 1.165) is 37.1 Å². The number of hydrogen-bond donors (Lipinski definition) is 1. The average molecular weight is 423 g/mol. The summed E-state index contributed by atoms with van der Waals surface area (Å²) in [6, 6.07) is 14.2. The lowest BCUT2D eigenvalue weighted by Gasteiger charge is -2.39. The van der Waals surface area contributed by atoms with Crippen molar-refractivity contribution in [1.29, 1.82) is 0 Å². The number of likely N-dealkylation sites (N-methyl/N-ethyl adjacent to an activating group) is 1. The molecular weight excluding hydrogens is 396 g/mol. The maximum atomic E-state index is 12.8. The summed E-state index contributed by atoms with van der Waals surface area (Å²) in [4.78, 5) is 2.41. The lowest BCUT2D eigenvalue weighted by Crippen LogP contribution is -2.52. The number of anilines is 1. The first-order valence-corrected chi connectivity index (χ1v) is 11.5. The van der Waals surface area contributed by atoms with E-state index in [1.54, 1.807) is 24.3 Å². The van der Waals surface area contributed by atoms with Crippen molar-refractivity contribution >= 4 is 27.3 Å². The lowest BCUT2D eigenvalue weighted by molar-refractivity contribution is 0.339. The molecule has 0 bridgehead atoms. The molecule has 2 aromatic rings. The van der Waals surface area contributed by atoms with Gasteiger partial charge in [-0.25, -0.2) is 13.1 Å². The van der Waals surface area contributed by atoms with Gasteiger partial charge in [-0.2, -0.15) is 0 Å². The summed E-state index contributed by atoms with van der Waals surface area (Å²) in [6.07, 6.45) is 3.86. The highest BCUT2D eigenvalue weighted by atomic mass is 35.5. The second-order valence-corrected chi connectivity index (χ2v) is 9.22. The molecule has 1 aliphatic carbocycles. The first-order chi connectivity index (χ1) is 13.4. The van der Waals surface area contributed by atoms with Gasteiger partial charge in [-0.15, -0.1) is 0 Å². The molecule has 0 heterocycles. The van der Waals surface area contributed by atoms with Gasteiger partial charge in [-0.1, -0.05) is 24.4 Å². The number of benzene rings is 2. The zero-order chi connectivity index (χ0) is 20.1. The number of sulfonamides is 1. The Balaban J connectivity index is 1.76. The van der Waals surface area contributed by atoms with Crippen LogP contribution in [0.2, 0.25) is 5.02 Å². The first kappa shape index (κ1) is 21.0. The lowest BCUT2D eigenvalue weighted by atomic mass is 9.90. The van der Waals surface area contributed by atoms with Gasteiger partial charge in [0.05, 0.1) is 11.5 Å². The summed E-state index contributed by atoms with van der Waals surface area (Å²) >= 11 is 5.89. The molecule has 1 saturated carbocycles. The number of hydrogen-bond acceptors (Lipinski definition) is 4. The van der Waals surface area contributed by atoms with E-state index in [-0.39, 0.29) is 17.0 Å². The Morgan fingerprint density at radius 3 is 2.36 bits per heavy atom. The fourth-order valence-corrected chi connectivity index (χ4v) is 5.16. The zero-order valence-electron chi connectivity index (χ0n) is 16.3. The summed E-state index contributed by atoms with van der Waals surface area (Å²) in [5.41, 5.74) is 1.05. The highest BCUT2D eigenvalue weighted by molar-refractivity contribution is 7.89. The molecule has 0 aromatic heterocycles. The molecule has 7 heteroatoms. The van der Waals surface area contributed by atoms with E-state index in [2.05, 4.69) is 9.62 Å². The molecule has 0 amide bonds. The predicted molar refractivity (Wildman–Crippen MR) is 114 cm³/mol. The topological polar surface area (TPSA) is 58.6 Å². The normalized spacial score (nSPS) is 20.0. The maximum Gasteiger partial charge on any atom is 0.240 e. The van der Waals surface area contributed by atoms with Crippen molar-refractivity contribution in [2.24, 2.45) is 0 Å². The fraction of sp³-hybridized carbons (Fsp3) is 0.429. The van der Waals surface area contributed by atoms with Crippen LogP contribution < -0.4 is 14.4 Å². The summed E-state index contributed by atoms with van der Waals surface area (Å²) in [5.74, 6) is 0.836. The SMILES string of the molecule is CCOc1ccc(N(C)[C@@H]2CCCC[C@@H]2NS(=O)(=O)c2ccc(Cl)cc2)cc1. The Labute approximate surface area is 172 Å². The van der Waals surface area contributed by atoms with Gasteiger partial charge >= 0.3 is 0 Å². The third kappa shape index (κ3) is 4.99. The van der Waals surface area contributed by atoms with Crippen LogP contribution in [0.1, 0.15) is 32.6 Å². The summed E-state index contributed by atoms with van der Waals surface area (Å²) in [6.45, 7) is 2.59. The highest BCUT2D eigenvalue weighted by Gasteiger charge is 2.32. The van der Waals surface area contributed by atoms with Crippen molar-refractivity contribution in [3.63, 3.8) is 0 Å². The summed E-state index contributed by atoms with van der Waals surface area (Å²) < 4.78 is 34.1. The molecule has 1 fully saturated rings. The summed E-state index contributed by atoms with van der Waals surface area (Å²) in [5, 5.41) is 0.518. The van der Waals surface area contributed by atoms with Gasteiger partial charge in [0.2, 0.25) is 10.0 Å². The Kier molecular flexibility index (Phi) is 6.86.